The molecule has 2 aromatic rings. The number of aliphatic hydroxyl groups is 1. The van der Waals surface area contributed by atoms with Crippen molar-refractivity contribution in [1.82, 2.24) is 10.6 Å². The summed E-state index contributed by atoms with van der Waals surface area (Å²) in [5.41, 5.74) is 1.37. The van der Waals surface area contributed by atoms with E-state index in [1.807, 2.05) is 24.3 Å². The Morgan fingerprint density at radius 1 is 0.933 bits per heavy atom. The second-order valence-corrected chi connectivity index (χ2v) is 6.57. The van der Waals surface area contributed by atoms with Crippen LogP contribution in [0.2, 0.25) is 0 Å². The van der Waals surface area contributed by atoms with Gasteiger partial charge in [0, 0.05) is 19.7 Å². The second kappa shape index (κ2) is 12.2. The Bertz CT molecular complexity index is 869. The molecule has 0 heterocycles. The molecule has 0 unspecified atom stereocenters. The monoisotopic (exact) mass is 413 g/mol. The van der Waals surface area contributed by atoms with Crippen LogP contribution in [-0.4, -0.2) is 43.1 Å². The Balaban J connectivity index is 1.93. The van der Waals surface area contributed by atoms with Crippen LogP contribution in [0.15, 0.2) is 48.5 Å². The summed E-state index contributed by atoms with van der Waals surface area (Å²) in [6.45, 7) is 0.729. The molecule has 8 heteroatoms. The van der Waals surface area contributed by atoms with E-state index in [-0.39, 0.29) is 30.3 Å². The molecule has 0 aliphatic rings. The lowest BCUT2D eigenvalue weighted by Crippen LogP contribution is -2.36. The van der Waals surface area contributed by atoms with Gasteiger partial charge in [0.05, 0.1) is 18.4 Å². The number of carbonyl (C=O) groups excluding carboxylic acids is 3. The minimum atomic E-state index is -0.842. The maximum Gasteiger partial charge on any atom is 0.313 e. The van der Waals surface area contributed by atoms with Crippen molar-refractivity contribution in [3.05, 3.63) is 59.7 Å². The zero-order valence-corrected chi connectivity index (χ0v) is 16.9. The van der Waals surface area contributed by atoms with Gasteiger partial charge in [-0.3, -0.25) is 14.4 Å². The average Bonchev–Trinajstić information content (AvgIpc) is 2.77. The van der Waals surface area contributed by atoms with Crippen LogP contribution in [0.4, 0.5) is 5.69 Å². The number of para-hydroxylation sites is 1. The topological polar surface area (TPSA) is 117 Å². The number of nitrogens with one attached hydrogen (secondary N) is 3. The number of methoxy groups -OCH3 is 1. The third-order valence-electron chi connectivity index (χ3n) is 4.33. The number of carbonyl (C=O) groups is 3. The molecular weight excluding hydrogens is 386 g/mol. The molecule has 2 rings (SSSR count). The predicted molar refractivity (Wildman–Crippen MR) is 113 cm³/mol. The molecule has 160 valence electrons. The largest absolute Gasteiger partial charge is 0.497 e. The van der Waals surface area contributed by atoms with Crippen molar-refractivity contribution in [3.63, 3.8) is 0 Å². The van der Waals surface area contributed by atoms with E-state index in [0.29, 0.717) is 25.1 Å². The third-order valence-corrected chi connectivity index (χ3v) is 4.33. The summed E-state index contributed by atoms with van der Waals surface area (Å²) in [6, 6.07) is 13.8. The SMILES string of the molecule is COc1cccc(CNC(=O)c2ccccc2NC(=O)C(=O)NCCCCCO)c1. The van der Waals surface area contributed by atoms with E-state index in [1.54, 1.807) is 31.4 Å². The predicted octanol–water partition coefficient (Wildman–Crippen LogP) is 1.84. The first-order chi connectivity index (χ1) is 14.5. The quantitative estimate of drug-likeness (QED) is 0.350. The lowest BCUT2D eigenvalue weighted by atomic mass is 10.1. The van der Waals surface area contributed by atoms with E-state index in [9.17, 15) is 14.4 Å². The first-order valence-corrected chi connectivity index (χ1v) is 9.75. The highest BCUT2D eigenvalue weighted by molar-refractivity contribution is 6.40. The maximum absolute atomic E-state index is 12.6. The Morgan fingerprint density at radius 3 is 2.50 bits per heavy atom. The maximum atomic E-state index is 12.6. The van der Waals surface area contributed by atoms with Gasteiger partial charge >= 0.3 is 11.8 Å². The molecule has 0 fully saturated rings. The van der Waals surface area contributed by atoms with Crippen LogP contribution >= 0.6 is 0 Å². The molecule has 0 atom stereocenters. The number of anilines is 1. The van der Waals surface area contributed by atoms with Crippen molar-refractivity contribution >= 4 is 23.4 Å². The van der Waals surface area contributed by atoms with Gasteiger partial charge in [0.15, 0.2) is 0 Å². The molecule has 0 aromatic heterocycles. The van der Waals surface area contributed by atoms with Crippen molar-refractivity contribution in [1.29, 1.82) is 0 Å². The summed E-state index contributed by atoms with van der Waals surface area (Å²) in [5, 5.41) is 16.5. The van der Waals surface area contributed by atoms with Gasteiger partial charge < -0.3 is 25.8 Å². The van der Waals surface area contributed by atoms with Crippen LogP contribution in [0.25, 0.3) is 0 Å². The summed E-state index contributed by atoms with van der Waals surface area (Å²) < 4.78 is 5.17. The molecule has 3 amide bonds. The molecule has 2 aromatic carbocycles. The molecule has 4 N–H and O–H groups in total. The van der Waals surface area contributed by atoms with Crippen molar-refractivity contribution in [2.45, 2.75) is 25.8 Å². The second-order valence-electron chi connectivity index (χ2n) is 6.57. The Kier molecular flexibility index (Phi) is 9.33. The fourth-order valence-corrected chi connectivity index (χ4v) is 2.72. The fraction of sp³-hybridized carbons (Fsp3) is 0.318. The molecule has 0 aliphatic heterocycles. The number of hydrogen-bond donors (Lipinski definition) is 4. The minimum absolute atomic E-state index is 0.102. The first kappa shape index (κ1) is 22.9. The van der Waals surface area contributed by atoms with Crippen LogP contribution < -0.4 is 20.7 Å². The number of unbranched alkanes of at least 4 members (excludes halogenated alkanes) is 2. The molecule has 30 heavy (non-hydrogen) atoms. The van der Waals surface area contributed by atoms with Crippen molar-refractivity contribution in [2.24, 2.45) is 0 Å². The van der Waals surface area contributed by atoms with Gasteiger partial charge in [-0.2, -0.15) is 0 Å². The standard InChI is InChI=1S/C22H27N3O5/c1-30-17-9-7-8-16(14-17)15-24-20(27)18-10-3-4-11-19(18)25-22(29)21(28)23-12-5-2-6-13-26/h3-4,7-11,14,26H,2,5-6,12-13,15H2,1H3,(H,23,28)(H,24,27)(H,25,29). The summed E-state index contributed by atoms with van der Waals surface area (Å²) in [4.78, 5) is 36.7. The van der Waals surface area contributed by atoms with Gasteiger partial charge in [-0.05, 0) is 49.1 Å². The van der Waals surface area contributed by atoms with E-state index in [4.69, 9.17) is 9.84 Å². The number of benzene rings is 2. The summed E-state index contributed by atoms with van der Waals surface area (Å²) >= 11 is 0. The number of ether oxygens (including phenoxy) is 1. The highest BCUT2D eigenvalue weighted by Gasteiger charge is 2.17. The van der Waals surface area contributed by atoms with Gasteiger partial charge in [0.25, 0.3) is 5.91 Å². The van der Waals surface area contributed by atoms with Crippen LogP contribution in [0.5, 0.6) is 5.75 Å². The van der Waals surface area contributed by atoms with Crippen molar-refractivity contribution in [2.75, 3.05) is 25.6 Å². The molecule has 0 saturated heterocycles. The summed E-state index contributed by atoms with van der Waals surface area (Å²) in [5.74, 6) is -1.30. The van der Waals surface area contributed by atoms with Crippen LogP contribution in [0.1, 0.15) is 35.2 Å². The summed E-state index contributed by atoms with van der Waals surface area (Å²) in [6.07, 6.45) is 2.08. The van der Waals surface area contributed by atoms with Crippen LogP contribution in [0, 0.1) is 0 Å². The molecule has 0 aliphatic carbocycles. The van der Waals surface area contributed by atoms with Crippen LogP contribution in [0.3, 0.4) is 0 Å². The van der Waals surface area contributed by atoms with Gasteiger partial charge in [-0.15, -0.1) is 0 Å². The summed E-state index contributed by atoms with van der Waals surface area (Å²) in [7, 11) is 1.57. The normalized spacial score (nSPS) is 10.2. The Hall–Kier alpha value is -3.39. The zero-order valence-electron chi connectivity index (χ0n) is 16.9. The van der Waals surface area contributed by atoms with Crippen molar-refractivity contribution < 1.29 is 24.2 Å². The van der Waals surface area contributed by atoms with Crippen molar-refractivity contribution in [3.8, 4) is 5.75 Å². The van der Waals surface area contributed by atoms with Gasteiger partial charge in [-0.25, -0.2) is 0 Å². The minimum Gasteiger partial charge on any atom is -0.497 e. The number of rotatable bonds is 10. The smallest absolute Gasteiger partial charge is 0.313 e. The highest BCUT2D eigenvalue weighted by atomic mass is 16.5. The van der Waals surface area contributed by atoms with Gasteiger partial charge in [-0.1, -0.05) is 24.3 Å². The van der Waals surface area contributed by atoms with E-state index >= 15 is 0 Å². The van der Waals surface area contributed by atoms with E-state index in [2.05, 4.69) is 16.0 Å². The first-order valence-electron chi connectivity index (χ1n) is 9.75. The lowest BCUT2D eigenvalue weighted by molar-refractivity contribution is -0.136. The number of aliphatic hydroxyl groups excluding tert-OH is 1. The number of amides is 3. The van der Waals surface area contributed by atoms with Gasteiger partial charge in [0.1, 0.15) is 5.75 Å². The van der Waals surface area contributed by atoms with E-state index in [1.165, 1.54) is 0 Å². The highest BCUT2D eigenvalue weighted by Crippen LogP contribution is 2.16. The molecule has 0 spiro atoms. The number of hydrogen-bond acceptors (Lipinski definition) is 5. The molecular formula is C22H27N3O5. The molecule has 8 nitrogen and oxygen atoms in total. The van der Waals surface area contributed by atoms with Gasteiger partial charge in [0.2, 0.25) is 0 Å². The molecule has 0 radical (unpaired) electrons. The Labute approximate surface area is 175 Å². The third kappa shape index (κ3) is 7.21. The zero-order chi connectivity index (χ0) is 21.8. The average molecular weight is 413 g/mol. The Morgan fingerprint density at radius 2 is 1.73 bits per heavy atom. The fourth-order valence-electron chi connectivity index (χ4n) is 2.72. The molecule has 0 bridgehead atoms. The van der Waals surface area contributed by atoms with E-state index in [0.717, 1.165) is 12.0 Å². The lowest BCUT2D eigenvalue weighted by Gasteiger charge is -2.12. The van der Waals surface area contributed by atoms with Crippen LogP contribution in [-0.2, 0) is 16.1 Å². The molecule has 0 saturated carbocycles. The van der Waals surface area contributed by atoms with E-state index < -0.39 is 11.8 Å².